The summed E-state index contributed by atoms with van der Waals surface area (Å²) in [5.74, 6) is 1.11. The molecule has 88 valence electrons. The second-order valence-electron chi connectivity index (χ2n) is 5.14. The molecule has 0 saturated heterocycles. The molecule has 15 heavy (non-hydrogen) atoms. The van der Waals surface area contributed by atoms with Crippen molar-refractivity contribution in [2.24, 2.45) is 5.92 Å². The van der Waals surface area contributed by atoms with Crippen molar-refractivity contribution in [2.45, 2.75) is 71.4 Å². The van der Waals surface area contributed by atoms with Crippen molar-refractivity contribution in [3.05, 3.63) is 0 Å². The molecule has 0 aromatic heterocycles. The molecule has 0 aromatic carbocycles. The van der Waals surface area contributed by atoms with Crippen LogP contribution in [0.2, 0.25) is 0 Å². The van der Waals surface area contributed by atoms with Crippen LogP contribution in [0.3, 0.4) is 0 Å². The Hall–Kier alpha value is -0.370. The van der Waals surface area contributed by atoms with E-state index in [1.165, 1.54) is 25.7 Å². The molecule has 0 spiro atoms. The lowest BCUT2D eigenvalue weighted by Crippen LogP contribution is -2.37. The molecule has 1 fully saturated rings. The molecule has 1 saturated carbocycles. The van der Waals surface area contributed by atoms with E-state index >= 15 is 0 Å². The van der Waals surface area contributed by atoms with E-state index < -0.39 is 0 Å². The van der Waals surface area contributed by atoms with Gasteiger partial charge in [0.15, 0.2) is 0 Å². The van der Waals surface area contributed by atoms with Gasteiger partial charge < -0.3 is 5.32 Å². The second kappa shape index (κ2) is 6.26. The molecule has 0 aliphatic heterocycles. The summed E-state index contributed by atoms with van der Waals surface area (Å²) in [7, 11) is 0. The van der Waals surface area contributed by atoms with Gasteiger partial charge in [0.25, 0.3) is 0 Å². The summed E-state index contributed by atoms with van der Waals surface area (Å²) < 4.78 is 0. The highest BCUT2D eigenvalue weighted by Gasteiger charge is 2.22. The fourth-order valence-corrected chi connectivity index (χ4v) is 2.47. The molecular formula is C13H25NO. The molecule has 0 atom stereocenters. The van der Waals surface area contributed by atoms with Gasteiger partial charge in [-0.05, 0) is 31.6 Å². The van der Waals surface area contributed by atoms with E-state index in [0.717, 1.165) is 6.42 Å². The average Bonchev–Trinajstić information content (AvgIpc) is 2.20. The van der Waals surface area contributed by atoms with E-state index in [2.05, 4.69) is 19.2 Å². The third-order valence-electron chi connectivity index (χ3n) is 3.33. The van der Waals surface area contributed by atoms with Crippen LogP contribution in [-0.4, -0.2) is 17.9 Å². The van der Waals surface area contributed by atoms with Gasteiger partial charge in [-0.15, -0.1) is 0 Å². The quantitative estimate of drug-likeness (QED) is 0.757. The molecule has 0 bridgehead atoms. The minimum absolute atomic E-state index is 0.440. The van der Waals surface area contributed by atoms with Crippen molar-refractivity contribution < 1.29 is 4.79 Å². The van der Waals surface area contributed by atoms with Crippen molar-refractivity contribution in [2.75, 3.05) is 0 Å². The molecule has 1 aliphatic rings. The molecule has 0 heterocycles. The van der Waals surface area contributed by atoms with Crippen molar-refractivity contribution in [1.82, 2.24) is 5.32 Å². The Balaban J connectivity index is 2.20. The van der Waals surface area contributed by atoms with Crippen LogP contribution < -0.4 is 5.32 Å². The Morgan fingerprint density at radius 1 is 1.27 bits per heavy atom. The van der Waals surface area contributed by atoms with Crippen molar-refractivity contribution >= 4 is 5.78 Å². The topological polar surface area (TPSA) is 29.1 Å². The molecule has 1 rings (SSSR count). The van der Waals surface area contributed by atoms with Crippen molar-refractivity contribution in [3.8, 4) is 0 Å². The first kappa shape index (κ1) is 12.7. The number of ketones is 1. The van der Waals surface area contributed by atoms with Crippen LogP contribution in [0.4, 0.5) is 0 Å². The number of Topliss-reactive ketones (excluding diaryl/α,β-unsaturated/α-hetero) is 1. The van der Waals surface area contributed by atoms with E-state index in [1.807, 2.05) is 6.92 Å². The van der Waals surface area contributed by atoms with Gasteiger partial charge in [-0.2, -0.15) is 0 Å². The maximum absolute atomic E-state index is 11.3. The largest absolute Gasteiger partial charge is 0.312 e. The van der Waals surface area contributed by atoms with Crippen LogP contribution in [0, 0.1) is 5.92 Å². The molecule has 2 heteroatoms. The molecule has 0 radical (unpaired) electrons. The second-order valence-corrected chi connectivity index (χ2v) is 5.14. The smallest absolute Gasteiger partial charge is 0.132 e. The summed E-state index contributed by atoms with van der Waals surface area (Å²) in [4.78, 5) is 11.3. The maximum Gasteiger partial charge on any atom is 0.132 e. The Morgan fingerprint density at radius 3 is 2.33 bits per heavy atom. The number of hydrogen-bond donors (Lipinski definition) is 1. The Bertz CT molecular complexity index is 193. The van der Waals surface area contributed by atoms with E-state index in [1.54, 1.807) is 0 Å². The Labute approximate surface area is 93.8 Å². The van der Waals surface area contributed by atoms with Crippen LogP contribution in [0.5, 0.6) is 0 Å². The van der Waals surface area contributed by atoms with Gasteiger partial charge in [-0.25, -0.2) is 0 Å². The lowest BCUT2D eigenvalue weighted by Gasteiger charge is -2.30. The summed E-state index contributed by atoms with van der Waals surface area (Å²) in [5, 5.41) is 3.58. The minimum atomic E-state index is 0.440. The van der Waals surface area contributed by atoms with Gasteiger partial charge in [0.05, 0.1) is 0 Å². The van der Waals surface area contributed by atoms with E-state index in [-0.39, 0.29) is 0 Å². The molecule has 0 amide bonds. The number of rotatable bonds is 5. The van der Waals surface area contributed by atoms with Crippen LogP contribution in [0.15, 0.2) is 0 Å². The highest BCUT2D eigenvalue weighted by Crippen LogP contribution is 2.27. The monoisotopic (exact) mass is 211 g/mol. The zero-order valence-electron chi connectivity index (χ0n) is 10.4. The predicted molar refractivity (Wildman–Crippen MR) is 63.9 cm³/mol. The standard InChI is InChI=1S/C13H25NO/c1-4-13(15)9-11-5-7-12(8-6-11)14-10(2)3/h10-12,14H,4-9H2,1-3H3. The average molecular weight is 211 g/mol. The molecule has 1 aliphatic carbocycles. The fourth-order valence-electron chi connectivity index (χ4n) is 2.47. The van der Waals surface area contributed by atoms with E-state index in [4.69, 9.17) is 0 Å². The zero-order chi connectivity index (χ0) is 11.3. The van der Waals surface area contributed by atoms with Gasteiger partial charge in [0, 0.05) is 24.9 Å². The third-order valence-corrected chi connectivity index (χ3v) is 3.33. The third kappa shape index (κ3) is 4.78. The van der Waals surface area contributed by atoms with Crippen molar-refractivity contribution in [1.29, 1.82) is 0 Å². The molecule has 1 N–H and O–H groups in total. The SMILES string of the molecule is CCC(=O)CC1CCC(NC(C)C)CC1. The lowest BCUT2D eigenvalue weighted by molar-refractivity contribution is -0.119. The first-order valence-electron chi connectivity index (χ1n) is 6.39. The van der Waals surface area contributed by atoms with Crippen LogP contribution in [0.1, 0.15) is 59.3 Å². The number of carbonyl (C=O) groups excluding carboxylic acids is 1. The molecule has 0 unspecified atom stereocenters. The van der Waals surface area contributed by atoms with Crippen LogP contribution in [0.25, 0.3) is 0 Å². The predicted octanol–water partition coefficient (Wildman–Crippen LogP) is 2.91. The molecule has 2 nitrogen and oxygen atoms in total. The van der Waals surface area contributed by atoms with Gasteiger partial charge in [0.1, 0.15) is 5.78 Å². The summed E-state index contributed by atoms with van der Waals surface area (Å²) in [6.07, 6.45) is 6.50. The highest BCUT2D eigenvalue weighted by molar-refractivity contribution is 5.78. The maximum atomic E-state index is 11.3. The summed E-state index contributed by atoms with van der Waals surface area (Å²) >= 11 is 0. The summed E-state index contributed by atoms with van der Waals surface area (Å²) in [6.45, 7) is 6.37. The molecular weight excluding hydrogens is 186 g/mol. The first-order chi connectivity index (χ1) is 7.11. The molecule has 0 aromatic rings. The lowest BCUT2D eigenvalue weighted by atomic mass is 9.82. The highest BCUT2D eigenvalue weighted by atomic mass is 16.1. The van der Waals surface area contributed by atoms with Gasteiger partial charge >= 0.3 is 0 Å². The van der Waals surface area contributed by atoms with Crippen LogP contribution in [-0.2, 0) is 4.79 Å². The number of hydrogen-bond acceptors (Lipinski definition) is 2. The van der Waals surface area contributed by atoms with Gasteiger partial charge in [0.2, 0.25) is 0 Å². The summed E-state index contributed by atoms with van der Waals surface area (Å²) in [5.41, 5.74) is 0. The van der Waals surface area contributed by atoms with Crippen LogP contribution >= 0.6 is 0 Å². The number of carbonyl (C=O) groups is 1. The van der Waals surface area contributed by atoms with Crippen molar-refractivity contribution in [3.63, 3.8) is 0 Å². The van der Waals surface area contributed by atoms with E-state index in [9.17, 15) is 4.79 Å². The minimum Gasteiger partial charge on any atom is -0.312 e. The Morgan fingerprint density at radius 2 is 1.87 bits per heavy atom. The normalized spacial score (nSPS) is 26.9. The fraction of sp³-hybridized carbons (Fsp3) is 0.923. The first-order valence-corrected chi connectivity index (χ1v) is 6.39. The van der Waals surface area contributed by atoms with E-state index in [0.29, 0.717) is 30.2 Å². The number of nitrogens with one attached hydrogen (secondary N) is 1. The van der Waals surface area contributed by atoms with Gasteiger partial charge in [-0.3, -0.25) is 4.79 Å². The summed E-state index contributed by atoms with van der Waals surface area (Å²) in [6, 6.07) is 1.28. The van der Waals surface area contributed by atoms with Gasteiger partial charge in [-0.1, -0.05) is 20.8 Å². The zero-order valence-corrected chi connectivity index (χ0v) is 10.4. The Kier molecular flexibility index (Phi) is 5.30.